The molecule has 0 heteroatoms. The summed E-state index contributed by atoms with van der Waals surface area (Å²) >= 11 is 0. The fourth-order valence-electron chi connectivity index (χ4n) is 1.93. The Balaban J connectivity index is 3.18. The molecule has 0 aromatic rings. The minimum atomic E-state index is 0.942. The topological polar surface area (TPSA) is 0 Å². The average molecular weight is 210 g/mol. The van der Waals surface area contributed by atoms with Crippen molar-refractivity contribution in [1.29, 1.82) is 0 Å². The Morgan fingerprint density at radius 2 is 1.60 bits per heavy atom. The van der Waals surface area contributed by atoms with Crippen molar-refractivity contribution < 1.29 is 0 Å². The van der Waals surface area contributed by atoms with E-state index in [1.54, 1.807) is 0 Å². The molecule has 0 saturated heterocycles. The van der Waals surface area contributed by atoms with E-state index in [1.165, 1.54) is 57.8 Å². The molecule has 90 valence electrons. The van der Waals surface area contributed by atoms with Crippen molar-refractivity contribution in [3.8, 4) is 0 Å². The van der Waals surface area contributed by atoms with Gasteiger partial charge < -0.3 is 0 Å². The van der Waals surface area contributed by atoms with E-state index in [4.69, 9.17) is 0 Å². The van der Waals surface area contributed by atoms with Crippen molar-refractivity contribution in [3.05, 3.63) is 12.2 Å². The first-order valence-electron chi connectivity index (χ1n) is 6.96. The van der Waals surface area contributed by atoms with Gasteiger partial charge in [0.15, 0.2) is 0 Å². The Hall–Kier alpha value is -0.260. The standard InChI is InChI=1S/C15H30/c1-4-6-8-10-12-14-15(3)13-11-9-7-5-2/h6,8,15H,4-5,7,9-14H2,1-3H3. The summed E-state index contributed by atoms with van der Waals surface area (Å²) in [4.78, 5) is 0. The summed E-state index contributed by atoms with van der Waals surface area (Å²) in [7, 11) is 0. The first-order valence-corrected chi connectivity index (χ1v) is 6.96. The number of unbranched alkanes of at least 4 members (excludes halogenated alkanes) is 4. The number of hydrogen-bond donors (Lipinski definition) is 0. The summed E-state index contributed by atoms with van der Waals surface area (Å²) in [5.74, 6) is 0.942. The lowest BCUT2D eigenvalue weighted by Gasteiger charge is -2.09. The molecule has 0 aliphatic rings. The van der Waals surface area contributed by atoms with Crippen LogP contribution < -0.4 is 0 Å². The molecule has 0 aliphatic heterocycles. The highest BCUT2D eigenvalue weighted by Gasteiger charge is 2.00. The summed E-state index contributed by atoms with van der Waals surface area (Å²) < 4.78 is 0. The van der Waals surface area contributed by atoms with Crippen LogP contribution in [-0.4, -0.2) is 0 Å². The van der Waals surface area contributed by atoms with Crippen LogP contribution in [0.3, 0.4) is 0 Å². The summed E-state index contributed by atoms with van der Waals surface area (Å²) in [6, 6.07) is 0. The van der Waals surface area contributed by atoms with Crippen LogP contribution in [0, 0.1) is 5.92 Å². The Morgan fingerprint density at radius 1 is 0.867 bits per heavy atom. The molecule has 1 unspecified atom stereocenters. The normalized spacial score (nSPS) is 13.5. The third-order valence-electron chi connectivity index (χ3n) is 3.02. The van der Waals surface area contributed by atoms with Gasteiger partial charge >= 0.3 is 0 Å². The Morgan fingerprint density at radius 3 is 2.27 bits per heavy atom. The fraction of sp³-hybridized carbons (Fsp3) is 0.867. The number of hydrogen-bond acceptors (Lipinski definition) is 0. The SMILES string of the molecule is CCC=CCCCC(C)CCCCCC. The van der Waals surface area contributed by atoms with E-state index in [1.807, 2.05) is 0 Å². The van der Waals surface area contributed by atoms with Crippen LogP contribution in [-0.2, 0) is 0 Å². The first kappa shape index (κ1) is 14.7. The lowest BCUT2D eigenvalue weighted by Crippen LogP contribution is -1.94. The monoisotopic (exact) mass is 210 g/mol. The van der Waals surface area contributed by atoms with Gasteiger partial charge in [0.25, 0.3) is 0 Å². The van der Waals surface area contributed by atoms with Crippen molar-refractivity contribution in [3.63, 3.8) is 0 Å². The molecule has 0 heterocycles. The maximum absolute atomic E-state index is 2.41. The molecule has 0 aromatic carbocycles. The molecule has 0 fully saturated rings. The molecule has 0 N–H and O–H groups in total. The van der Waals surface area contributed by atoms with Gasteiger partial charge in [0.05, 0.1) is 0 Å². The maximum atomic E-state index is 2.41. The predicted molar refractivity (Wildman–Crippen MR) is 71.2 cm³/mol. The van der Waals surface area contributed by atoms with Crippen LogP contribution in [0.1, 0.15) is 78.6 Å². The van der Waals surface area contributed by atoms with Crippen LogP contribution in [0.2, 0.25) is 0 Å². The summed E-state index contributed by atoms with van der Waals surface area (Å²) in [6.45, 7) is 6.89. The molecular formula is C15H30. The van der Waals surface area contributed by atoms with Crippen molar-refractivity contribution in [1.82, 2.24) is 0 Å². The van der Waals surface area contributed by atoms with Gasteiger partial charge in [-0.1, -0.05) is 71.4 Å². The number of rotatable bonds is 10. The highest BCUT2D eigenvalue weighted by atomic mass is 14.1. The molecule has 0 saturated carbocycles. The molecule has 15 heavy (non-hydrogen) atoms. The van der Waals surface area contributed by atoms with E-state index in [0.29, 0.717) is 0 Å². The molecule has 0 radical (unpaired) electrons. The average Bonchev–Trinajstić information content (AvgIpc) is 2.24. The van der Waals surface area contributed by atoms with Gasteiger partial charge in [-0.15, -0.1) is 0 Å². The molecule has 0 bridgehead atoms. The van der Waals surface area contributed by atoms with Crippen molar-refractivity contribution in [2.24, 2.45) is 5.92 Å². The van der Waals surface area contributed by atoms with Crippen LogP contribution in [0.25, 0.3) is 0 Å². The highest BCUT2D eigenvalue weighted by molar-refractivity contribution is 4.79. The summed E-state index contributed by atoms with van der Waals surface area (Å²) in [5, 5.41) is 0. The van der Waals surface area contributed by atoms with Gasteiger partial charge in [0.1, 0.15) is 0 Å². The van der Waals surface area contributed by atoms with E-state index in [-0.39, 0.29) is 0 Å². The highest BCUT2D eigenvalue weighted by Crippen LogP contribution is 2.16. The smallest absolute Gasteiger partial charge is 0.0351 e. The summed E-state index contributed by atoms with van der Waals surface area (Å²) in [5.41, 5.74) is 0. The molecule has 0 spiro atoms. The Labute approximate surface area is 97.2 Å². The van der Waals surface area contributed by atoms with Gasteiger partial charge in [-0.25, -0.2) is 0 Å². The maximum Gasteiger partial charge on any atom is -0.0351 e. The van der Waals surface area contributed by atoms with Gasteiger partial charge in [0, 0.05) is 0 Å². The van der Waals surface area contributed by atoms with E-state index < -0.39 is 0 Å². The minimum absolute atomic E-state index is 0.942. The third kappa shape index (κ3) is 11.7. The van der Waals surface area contributed by atoms with Gasteiger partial charge in [-0.3, -0.25) is 0 Å². The van der Waals surface area contributed by atoms with Gasteiger partial charge in [0.2, 0.25) is 0 Å². The van der Waals surface area contributed by atoms with Crippen LogP contribution in [0.15, 0.2) is 12.2 Å². The molecule has 0 rings (SSSR count). The summed E-state index contributed by atoms with van der Waals surface area (Å²) in [6.07, 6.45) is 17.0. The van der Waals surface area contributed by atoms with Crippen LogP contribution in [0.5, 0.6) is 0 Å². The number of allylic oxidation sites excluding steroid dienone is 2. The van der Waals surface area contributed by atoms with Crippen molar-refractivity contribution in [2.45, 2.75) is 78.6 Å². The molecule has 0 amide bonds. The second-order valence-corrected chi connectivity index (χ2v) is 4.77. The predicted octanol–water partition coefficient (Wildman–Crippen LogP) is 5.73. The second-order valence-electron chi connectivity index (χ2n) is 4.77. The van der Waals surface area contributed by atoms with Gasteiger partial charge in [-0.2, -0.15) is 0 Å². The molecule has 0 aliphatic carbocycles. The zero-order valence-electron chi connectivity index (χ0n) is 11.1. The van der Waals surface area contributed by atoms with E-state index in [2.05, 4.69) is 32.9 Å². The second kappa shape index (κ2) is 11.8. The van der Waals surface area contributed by atoms with Crippen molar-refractivity contribution in [2.75, 3.05) is 0 Å². The largest absolute Gasteiger partial charge is 0.0888 e. The van der Waals surface area contributed by atoms with E-state index >= 15 is 0 Å². The lowest BCUT2D eigenvalue weighted by molar-refractivity contribution is 0.448. The third-order valence-corrected chi connectivity index (χ3v) is 3.02. The first-order chi connectivity index (χ1) is 7.31. The van der Waals surface area contributed by atoms with E-state index in [0.717, 1.165) is 5.92 Å². The van der Waals surface area contributed by atoms with Crippen molar-refractivity contribution >= 4 is 0 Å². The molecule has 1 atom stereocenters. The Kier molecular flexibility index (Phi) is 11.6. The zero-order chi connectivity index (χ0) is 11.4. The Bertz CT molecular complexity index is 135. The van der Waals surface area contributed by atoms with Crippen LogP contribution >= 0.6 is 0 Å². The molecule has 0 nitrogen and oxygen atoms in total. The quantitative estimate of drug-likeness (QED) is 0.319. The molecule has 0 aromatic heterocycles. The van der Waals surface area contributed by atoms with E-state index in [9.17, 15) is 0 Å². The van der Waals surface area contributed by atoms with Crippen LogP contribution in [0.4, 0.5) is 0 Å². The lowest BCUT2D eigenvalue weighted by atomic mass is 9.97. The fourth-order valence-corrected chi connectivity index (χ4v) is 1.93. The molecular weight excluding hydrogens is 180 g/mol. The zero-order valence-corrected chi connectivity index (χ0v) is 11.1. The minimum Gasteiger partial charge on any atom is -0.0888 e. The van der Waals surface area contributed by atoms with Gasteiger partial charge in [-0.05, 0) is 25.2 Å².